The first-order valence-electron chi connectivity index (χ1n) is 4.28. The monoisotopic (exact) mass is 264 g/mol. The van der Waals surface area contributed by atoms with Gasteiger partial charge in [0.1, 0.15) is 0 Å². The molecular weight excluding hydrogens is 256 g/mol. The van der Waals surface area contributed by atoms with Gasteiger partial charge in [-0.2, -0.15) is 8.42 Å². The minimum absolute atomic E-state index is 0.0534. The number of hydrogen-bond acceptors (Lipinski definition) is 4. The molecule has 0 aliphatic carbocycles. The lowest BCUT2D eigenvalue weighted by Gasteiger charge is -2.03. The smallest absolute Gasteiger partial charge is 0.305 e. The third-order valence-corrected chi connectivity index (χ3v) is 3.24. The van der Waals surface area contributed by atoms with E-state index in [-0.39, 0.29) is 17.9 Å². The fourth-order valence-corrected chi connectivity index (χ4v) is 1.94. The number of rotatable bonds is 5. The first-order chi connectivity index (χ1) is 7.42. The van der Waals surface area contributed by atoms with Crippen LogP contribution in [0.5, 0.6) is 0 Å². The van der Waals surface area contributed by atoms with Crippen LogP contribution in [0, 0.1) is 0 Å². The molecule has 1 aromatic rings. The van der Waals surface area contributed by atoms with E-state index in [9.17, 15) is 13.2 Å². The van der Waals surface area contributed by atoms with Crippen LogP contribution >= 0.6 is 11.6 Å². The molecule has 0 bridgehead atoms. The summed E-state index contributed by atoms with van der Waals surface area (Å²) in [4.78, 5) is 10.1. The number of aliphatic carboxylic acids is 1. The summed E-state index contributed by atoms with van der Waals surface area (Å²) in [5.74, 6) is -1.12. The van der Waals surface area contributed by atoms with Crippen LogP contribution in [0.25, 0.3) is 0 Å². The Hall–Kier alpha value is -1.11. The van der Waals surface area contributed by atoms with Crippen LogP contribution in [-0.2, 0) is 19.1 Å². The summed E-state index contributed by atoms with van der Waals surface area (Å²) in [5, 5.41) is 8.73. The number of benzene rings is 1. The predicted octanol–water partition coefficient (Wildman–Crippen LogP) is 1.52. The van der Waals surface area contributed by atoms with Crippen molar-refractivity contribution in [2.45, 2.75) is 11.3 Å². The third kappa shape index (κ3) is 3.80. The zero-order valence-corrected chi connectivity index (χ0v) is 9.66. The Balaban J connectivity index is 2.71. The topological polar surface area (TPSA) is 80.7 Å². The van der Waals surface area contributed by atoms with Crippen molar-refractivity contribution in [3.05, 3.63) is 29.3 Å². The summed E-state index contributed by atoms with van der Waals surface area (Å²) in [5.41, 5.74) is 0. The van der Waals surface area contributed by atoms with Gasteiger partial charge in [-0.15, -0.1) is 0 Å². The van der Waals surface area contributed by atoms with Gasteiger partial charge in [0.2, 0.25) is 0 Å². The molecule has 5 nitrogen and oxygen atoms in total. The molecular formula is C9H9ClO5S. The highest BCUT2D eigenvalue weighted by molar-refractivity contribution is 7.86. The standard InChI is InChI=1S/C9H9ClO5S/c10-7-1-3-8(4-2-7)16(13,14)15-6-5-9(11)12/h1-4H,5-6H2,(H,11,12). The molecule has 0 aliphatic rings. The molecule has 88 valence electrons. The maximum absolute atomic E-state index is 11.5. The second-order valence-corrected chi connectivity index (χ2v) is 4.93. The molecule has 0 saturated carbocycles. The Kier molecular flexibility index (Phi) is 4.28. The second-order valence-electron chi connectivity index (χ2n) is 2.87. The highest BCUT2D eigenvalue weighted by atomic mass is 35.5. The average Bonchev–Trinajstić information content (AvgIpc) is 2.17. The number of carboxylic acids is 1. The fraction of sp³-hybridized carbons (Fsp3) is 0.222. The van der Waals surface area contributed by atoms with Gasteiger partial charge in [0.15, 0.2) is 0 Å². The zero-order valence-electron chi connectivity index (χ0n) is 8.09. The lowest BCUT2D eigenvalue weighted by atomic mass is 10.4. The molecule has 0 saturated heterocycles. The van der Waals surface area contributed by atoms with E-state index in [1.165, 1.54) is 24.3 Å². The number of carbonyl (C=O) groups is 1. The highest BCUT2D eigenvalue weighted by Gasteiger charge is 2.15. The first-order valence-corrected chi connectivity index (χ1v) is 6.07. The number of hydrogen-bond donors (Lipinski definition) is 1. The number of carboxylic acid groups (broad SMARTS) is 1. The molecule has 0 radical (unpaired) electrons. The predicted molar refractivity (Wildman–Crippen MR) is 56.8 cm³/mol. The van der Waals surface area contributed by atoms with Gasteiger partial charge < -0.3 is 5.11 Å². The van der Waals surface area contributed by atoms with E-state index in [1.807, 2.05) is 0 Å². The quantitative estimate of drug-likeness (QED) is 0.816. The molecule has 0 unspecified atom stereocenters. The van der Waals surface area contributed by atoms with Gasteiger partial charge in [-0.3, -0.25) is 8.98 Å². The Morgan fingerprint density at radius 1 is 1.31 bits per heavy atom. The van der Waals surface area contributed by atoms with Crippen LogP contribution in [0.15, 0.2) is 29.2 Å². The Bertz CT molecular complexity index is 465. The van der Waals surface area contributed by atoms with Crippen molar-refractivity contribution < 1.29 is 22.5 Å². The van der Waals surface area contributed by atoms with Crippen molar-refractivity contribution in [3.8, 4) is 0 Å². The lowest BCUT2D eigenvalue weighted by molar-refractivity contribution is -0.137. The first kappa shape index (κ1) is 13.0. The minimum Gasteiger partial charge on any atom is -0.481 e. The van der Waals surface area contributed by atoms with E-state index in [0.29, 0.717) is 5.02 Å². The van der Waals surface area contributed by atoms with Crippen LogP contribution < -0.4 is 0 Å². The van der Waals surface area contributed by atoms with Crippen molar-refractivity contribution in [2.24, 2.45) is 0 Å². The van der Waals surface area contributed by atoms with E-state index >= 15 is 0 Å². The summed E-state index contributed by atoms with van der Waals surface area (Å²) in [7, 11) is -3.89. The summed E-state index contributed by atoms with van der Waals surface area (Å²) in [6, 6.07) is 5.40. The lowest BCUT2D eigenvalue weighted by Crippen LogP contribution is -2.10. The SMILES string of the molecule is O=C(O)CCOS(=O)(=O)c1ccc(Cl)cc1. The fourth-order valence-electron chi connectivity index (χ4n) is 0.908. The zero-order chi connectivity index (χ0) is 12.2. The minimum atomic E-state index is -3.89. The van der Waals surface area contributed by atoms with E-state index in [4.69, 9.17) is 16.7 Å². The van der Waals surface area contributed by atoms with Crippen LogP contribution in [0.1, 0.15) is 6.42 Å². The van der Waals surface area contributed by atoms with Crippen molar-refractivity contribution in [1.82, 2.24) is 0 Å². The van der Waals surface area contributed by atoms with E-state index in [2.05, 4.69) is 4.18 Å². The van der Waals surface area contributed by atoms with Crippen LogP contribution in [0.4, 0.5) is 0 Å². The molecule has 0 heterocycles. The van der Waals surface area contributed by atoms with Gasteiger partial charge in [-0.1, -0.05) is 11.6 Å². The summed E-state index contributed by atoms with van der Waals surface area (Å²) >= 11 is 5.59. The molecule has 0 fully saturated rings. The molecule has 0 spiro atoms. The summed E-state index contributed by atoms with van der Waals surface area (Å²) < 4.78 is 27.4. The Labute approximate surface area is 97.7 Å². The molecule has 0 aliphatic heterocycles. The van der Waals surface area contributed by atoms with Gasteiger partial charge >= 0.3 is 5.97 Å². The third-order valence-electron chi connectivity index (χ3n) is 1.66. The maximum atomic E-state index is 11.5. The van der Waals surface area contributed by atoms with Crippen LogP contribution in [0.2, 0.25) is 5.02 Å². The van der Waals surface area contributed by atoms with Crippen molar-refractivity contribution in [1.29, 1.82) is 0 Å². The molecule has 1 N–H and O–H groups in total. The van der Waals surface area contributed by atoms with Gasteiger partial charge in [0, 0.05) is 5.02 Å². The Morgan fingerprint density at radius 3 is 2.38 bits per heavy atom. The normalized spacial score (nSPS) is 11.3. The van der Waals surface area contributed by atoms with Gasteiger partial charge in [-0.25, -0.2) is 0 Å². The molecule has 16 heavy (non-hydrogen) atoms. The molecule has 0 atom stereocenters. The molecule has 0 aromatic heterocycles. The van der Waals surface area contributed by atoms with E-state index < -0.39 is 16.1 Å². The molecule has 1 aromatic carbocycles. The molecule has 7 heteroatoms. The van der Waals surface area contributed by atoms with Crippen molar-refractivity contribution >= 4 is 27.7 Å². The van der Waals surface area contributed by atoms with Crippen LogP contribution in [-0.4, -0.2) is 26.1 Å². The van der Waals surface area contributed by atoms with Crippen LogP contribution in [0.3, 0.4) is 0 Å². The van der Waals surface area contributed by atoms with E-state index in [0.717, 1.165) is 0 Å². The summed E-state index contributed by atoms with van der Waals surface area (Å²) in [6.07, 6.45) is -0.368. The second kappa shape index (κ2) is 5.29. The Morgan fingerprint density at radius 2 is 1.88 bits per heavy atom. The molecule has 0 amide bonds. The highest BCUT2D eigenvalue weighted by Crippen LogP contribution is 2.16. The van der Waals surface area contributed by atoms with Crippen molar-refractivity contribution in [3.63, 3.8) is 0 Å². The maximum Gasteiger partial charge on any atom is 0.305 e. The number of halogens is 1. The summed E-state index contributed by atoms with van der Waals surface area (Å²) in [6.45, 7) is -0.389. The molecule has 1 rings (SSSR count). The largest absolute Gasteiger partial charge is 0.481 e. The van der Waals surface area contributed by atoms with Crippen molar-refractivity contribution in [2.75, 3.05) is 6.61 Å². The average molecular weight is 265 g/mol. The van der Waals surface area contributed by atoms with Gasteiger partial charge in [-0.05, 0) is 24.3 Å². The van der Waals surface area contributed by atoms with Gasteiger partial charge in [0.25, 0.3) is 10.1 Å². The van der Waals surface area contributed by atoms with Gasteiger partial charge in [0.05, 0.1) is 17.9 Å². The van der Waals surface area contributed by atoms with E-state index in [1.54, 1.807) is 0 Å².